The fourth-order valence-corrected chi connectivity index (χ4v) is 2.41. The zero-order chi connectivity index (χ0) is 15.5. The summed E-state index contributed by atoms with van der Waals surface area (Å²) in [4.78, 5) is 13.7. The number of rotatable bonds is 2. The first-order chi connectivity index (χ1) is 9.87. The van der Waals surface area contributed by atoms with Crippen molar-refractivity contribution >= 4 is 6.09 Å². The maximum Gasteiger partial charge on any atom is 0.410 e. The van der Waals surface area contributed by atoms with Crippen LogP contribution >= 0.6 is 0 Å². The van der Waals surface area contributed by atoms with Gasteiger partial charge in [0.2, 0.25) is 0 Å². The second-order valence-corrected chi connectivity index (χ2v) is 6.47. The van der Waals surface area contributed by atoms with Gasteiger partial charge in [0, 0.05) is 25.8 Å². The fourth-order valence-electron chi connectivity index (χ4n) is 2.41. The monoisotopic (exact) mass is 290 g/mol. The van der Waals surface area contributed by atoms with Gasteiger partial charge in [-0.2, -0.15) is 10.4 Å². The highest BCUT2D eigenvalue weighted by Crippen LogP contribution is 2.21. The average Bonchev–Trinajstić information content (AvgIpc) is 2.85. The van der Waals surface area contributed by atoms with Gasteiger partial charge < -0.3 is 9.64 Å². The summed E-state index contributed by atoms with van der Waals surface area (Å²) in [7, 11) is 0. The molecule has 0 unspecified atom stereocenters. The van der Waals surface area contributed by atoms with E-state index in [4.69, 9.17) is 10.00 Å². The van der Waals surface area contributed by atoms with E-state index in [-0.39, 0.29) is 6.09 Å². The molecule has 0 aliphatic carbocycles. The Kier molecular flexibility index (Phi) is 4.51. The van der Waals surface area contributed by atoms with Crippen LogP contribution in [-0.4, -0.2) is 39.5 Å². The number of carbonyl (C=O) groups excluding carboxylic acids is 1. The molecule has 1 aliphatic heterocycles. The number of ether oxygens (including phenoxy) is 1. The largest absolute Gasteiger partial charge is 0.444 e. The average molecular weight is 290 g/mol. The minimum Gasteiger partial charge on any atom is -0.444 e. The van der Waals surface area contributed by atoms with Crippen LogP contribution in [0.1, 0.15) is 39.2 Å². The summed E-state index contributed by atoms with van der Waals surface area (Å²) < 4.78 is 7.19. The van der Waals surface area contributed by atoms with Crippen LogP contribution in [-0.2, 0) is 11.3 Å². The smallest absolute Gasteiger partial charge is 0.410 e. The Morgan fingerprint density at radius 3 is 2.67 bits per heavy atom. The van der Waals surface area contributed by atoms with Crippen molar-refractivity contribution in [1.82, 2.24) is 14.7 Å². The minimum absolute atomic E-state index is 0.230. The van der Waals surface area contributed by atoms with E-state index < -0.39 is 5.60 Å². The molecule has 1 fully saturated rings. The van der Waals surface area contributed by atoms with E-state index in [1.54, 1.807) is 17.3 Å². The Morgan fingerprint density at radius 2 is 2.14 bits per heavy atom. The van der Waals surface area contributed by atoms with E-state index >= 15 is 0 Å². The van der Waals surface area contributed by atoms with Gasteiger partial charge in [0.15, 0.2) is 0 Å². The molecule has 0 atom stereocenters. The maximum absolute atomic E-state index is 12.0. The second kappa shape index (κ2) is 6.17. The zero-order valence-corrected chi connectivity index (χ0v) is 12.9. The van der Waals surface area contributed by atoms with Gasteiger partial charge in [0.25, 0.3) is 0 Å². The van der Waals surface area contributed by atoms with E-state index in [2.05, 4.69) is 11.2 Å². The molecule has 1 aromatic rings. The summed E-state index contributed by atoms with van der Waals surface area (Å²) in [5.74, 6) is 0.482. The number of piperidine rings is 1. The molecular formula is C15H22N4O2. The Hall–Kier alpha value is -2.03. The summed E-state index contributed by atoms with van der Waals surface area (Å²) in [6, 6.07) is 2.08. The topological polar surface area (TPSA) is 71.2 Å². The van der Waals surface area contributed by atoms with E-state index in [0.717, 1.165) is 19.4 Å². The normalized spacial score (nSPS) is 16.6. The van der Waals surface area contributed by atoms with Gasteiger partial charge in [0.05, 0.1) is 11.8 Å². The number of likely N-dealkylation sites (tertiary alicyclic amines) is 1. The van der Waals surface area contributed by atoms with Crippen LogP contribution in [0.25, 0.3) is 0 Å². The van der Waals surface area contributed by atoms with Crippen molar-refractivity contribution in [2.75, 3.05) is 13.1 Å². The summed E-state index contributed by atoms with van der Waals surface area (Å²) in [6.45, 7) is 7.86. The Labute approximate surface area is 125 Å². The molecule has 0 spiro atoms. The first kappa shape index (κ1) is 15.4. The van der Waals surface area contributed by atoms with Gasteiger partial charge in [-0.05, 0) is 39.5 Å². The van der Waals surface area contributed by atoms with E-state index in [0.29, 0.717) is 24.6 Å². The molecule has 0 aromatic carbocycles. The Bertz CT molecular complexity index is 531. The van der Waals surface area contributed by atoms with Crippen LogP contribution in [0.2, 0.25) is 0 Å². The molecule has 1 aliphatic rings. The van der Waals surface area contributed by atoms with Gasteiger partial charge >= 0.3 is 6.09 Å². The third-order valence-corrected chi connectivity index (χ3v) is 3.47. The van der Waals surface area contributed by atoms with E-state index in [1.165, 1.54) is 0 Å². The number of amides is 1. The van der Waals surface area contributed by atoms with E-state index in [9.17, 15) is 4.79 Å². The van der Waals surface area contributed by atoms with Crippen LogP contribution in [0.3, 0.4) is 0 Å². The van der Waals surface area contributed by atoms with Crippen LogP contribution in [0.5, 0.6) is 0 Å². The second-order valence-electron chi connectivity index (χ2n) is 6.47. The molecular weight excluding hydrogens is 268 g/mol. The molecule has 1 saturated heterocycles. The number of carbonyl (C=O) groups is 1. The van der Waals surface area contributed by atoms with Gasteiger partial charge in [0.1, 0.15) is 11.7 Å². The standard InChI is InChI=1S/C15H22N4O2/c1-15(2,3)21-14(20)18-6-4-12(5-7-18)10-19-11-13(8-16)9-17-19/h9,11-12H,4-7,10H2,1-3H3. The highest BCUT2D eigenvalue weighted by molar-refractivity contribution is 5.68. The van der Waals surface area contributed by atoms with Gasteiger partial charge in [-0.15, -0.1) is 0 Å². The highest BCUT2D eigenvalue weighted by atomic mass is 16.6. The van der Waals surface area contributed by atoms with Gasteiger partial charge in [-0.25, -0.2) is 4.79 Å². The van der Waals surface area contributed by atoms with Crippen LogP contribution in [0.4, 0.5) is 4.79 Å². The summed E-state index contributed by atoms with van der Waals surface area (Å²) >= 11 is 0. The zero-order valence-electron chi connectivity index (χ0n) is 12.9. The third-order valence-electron chi connectivity index (χ3n) is 3.47. The molecule has 2 heterocycles. The van der Waals surface area contributed by atoms with Crippen molar-refractivity contribution in [1.29, 1.82) is 5.26 Å². The summed E-state index contributed by atoms with van der Waals surface area (Å²) in [6.07, 6.45) is 4.98. The third kappa shape index (κ3) is 4.48. The summed E-state index contributed by atoms with van der Waals surface area (Å²) in [5, 5.41) is 13.0. The predicted octanol–water partition coefficient (Wildman–Crippen LogP) is 2.40. The SMILES string of the molecule is CC(C)(C)OC(=O)N1CCC(Cn2cc(C#N)cn2)CC1. The van der Waals surface area contributed by atoms with Crippen molar-refractivity contribution < 1.29 is 9.53 Å². The number of nitrogens with zero attached hydrogens (tertiary/aromatic N) is 4. The lowest BCUT2D eigenvalue weighted by atomic mass is 9.97. The molecule has 114 valence electrons. The molecule has 6 nitrogen and oxygen atoms in total. The number of hydrogen-bond donors (Lipinski definition) is 0. The van der Waals surface area contributed by atoms with Crippen molar-refractivity contribution in [3.8, 4) is 6.07 Å². The molecule has 1 amide bonds. The van der Waals surface area contributed by atoms with Crippen molar-refractivity contribution in [2.24, 2.45) is 5.92 Å². The molecule has 0 bridgehead atoms. The van der Waals surface area contributed by atoms with Gasteiger partial charge in [-0.3, -0.25) is 4.68 Å². The lowest BCUT2D eigenvalue weighted by Gasteiger charge is -2.33. The maximum atomic E-state index is 12.0. The molecule has 6 heteroatoms. The minimum atomic E-state index is -0.448. The molecule has 1 aromatic heterocycles. The molecule has 0 N–H and O–H groups in total. The number of hydrogen-bond acceptors (Lipinski definition) is 4. The first-order valence-electron chi connectivity index (χ1n) is 7.28. The quantitative estimate of drug-likeness (QED) is 0.838. The van der Waals surface area contributed by atoms with Crippen molar-refractivity contribution in [3.63, 3.8) is 0 Å². The molecule has 0 saturated carbocycles. The predicted molar refractivity (Wildman–Crippen MR) is 77.5 cm³/mol. The summed E-state index contributed by atoms with van der Waals surface area (Å²) in [5.41, 5.74) is 0.137. The van der Waals surface area contributed by atoms with E-state index in [1.807, 2.05) is 25.5 Å². The molecule has 21 heavy (non-hydrogen) atoms. The van der Waals surface area contributed by atoms with Crippen LogP contribution in [0.15, 0.2) is 12.4 Å². The number of aromatic nitrogens is 2. The lowest BCUT2D eigenvalue weighted by Crippen LogP contribution is -2.42. The van der Waals surface area contributed by atoms with Crippen molar-refractivity contribution in [3.05, 3.63) is 18.0 Å². The number of nitriles is 1. The van der Waals surface area contributed by atoms with Crippen LogP contribution < -0.4 is 0 Å². The fraction of sp³-hybridized carbons (Fsp3) is 0.667. The molecule has 0 radical (unpaired) electrons. The molecule has 2 rings (SSSR count). The Morgan fingerprint density at radius 1 is 1.48 bits per heavy atom. The Balaban J connectivity index is 1.80. The van der Waals surface area contributed by atoms with Crippen molar-refractivity contribution in [2.45, 2.75) is 45.8 Å². The van der Waals surface area contributed by atoms with Crippen LogP contribution in [0, 0.1) is 17.2 Å². The van der Waals surface area contributed by atoms with Gasteiger partial charge in [-0.1, -0.05) is 0 Å². The highest BCUT2D eigenvalue weighted by Gasteiger charge is 2.27. The first-order valence-corrected chi connectivity index (χ1v) is 7.28. The lowest BCUT2D eigenvalue weighted by molar-refractivity contribution is 0.0177.